The van der Waals surface area contributed by atoms with Gasteiger partial charge >= 0.3 is 0 Å². The van der Waals surface area contributed by atoms with Crippen molar-refractivity contribution in [2.45, 2.75) is 32.1 Å². The Bertz CT molecular complexity index is 1110. The van der Waals surface area contributed by atoms with Crippen LogP contribution in [0.15, 0.2) is 48.5 Å². The smallest absolute Gasteiger partial charge is 0.227 e. The highest BCUT2D eigenvalue weighted by atomic mass is 35.5. The summed E-state index contributed by atoms with van der Waals surface area (Å²) in [6.45, 7) is 2.90. The van der Waals surface area contributed by atoms with Gasteiger partial charge in [-0.15, -0.1) is 10.2 Å². The van der Waals surface area contributed by atoms with Crippen molar-refractivity contribution in [1.82, 2.24) is 10.2 Å². The number of hydrogen-bond acceptors (Lipinski definition) is 6. The monoisotopic (exact) mass is 470 g/mol. The van der Waals surface area contributed by atoms with E-state index in [4.69, 9.17) is 16.3 Å². The molecule has 0 unspecified atom stereocenters. The first kappa shape index (κ1) is 22.2. The van der Waals surface area contributed by atoms with Gasteiger partial charge in [-0.1, -0.05) is 47.2 Å². The number of aromatic nitrogens is 2. The van der Waals surface area contributed by atoms with Crippen molar-refractivity contribution in [2.24, 2.45) is 0 Å². The van der Waals surface area contributed by atoms with Gasteiger partial charge in [-0.3, -0.25) is 9.59 Å². The molecular formula is C23H23ClN4O3S. The number of benzene rings is 2. The molecule has 0 spiro atoms. The first-order valence-electron chi connectivity index (χ1n) is 10.4. The topological polar surface area (TPSA) is 84.4 Å². The molecule has 1 saturated heterocycles. The van der Waals surface area contributed by atoms with Crippen LogP contribution in [0.5, 0.6) is 5.75 Å². The zero-order valence-electron chi connectivity index (χ0n) is 17.6. The highest BCUT2D eigenvalue weighted by molar-refractivity contribution is 7.15. The number of aryl methyl sites for hydroxylation is 1. The second-order valence-corrected chi connectivity index (χ2v) is 9.01. The Hall–Kier alpha value is -2.97. The second kappa shape index (κ2) is 10.1. The van der Waals surface area contributed by atoms with Gasteiger partial charge in [0.15, 0.2) is 0 Å². The minimum Gasteiger partial charge on any atom is -0.494 e. The average molecular weight is 471 g/mol. The van der Waals surface area contributed by atoms with Crippen LogP contribution >= 0.6 is 22.9 Å². The fourth-order valence-corrected chi connectivity index (χ4v) is 4.47. The maximum Gasteiger partial charge on any atom is 0.227 e. The third-order valence-corrected chi connectivity index (χ3v) is 6.60. The normalized spacial score (nSPS) is 15.8. The number of rotatable bonds is 8. The third-order valence-electron chi connectivity index (χ3n) is 5.19. The van der Waals surface area contributed by atoms with Crippen LogP contribution in [0.4, 0.5) is 10.8 Å². The van der Waals surface area contributed by atoms with Gasteiger partial charge < -0.3 is 15.0 Å². The van der Waals surface area contributed by atoms with E-state index in [-0.39, 0.29) is 17.7 Å². The standard InChI is InChI=1S/C23H23ClN4O3S/c1-15-9-10-17(13-19(15)24)28-14-16(12-21(28)30)22-26-27-23(32-22)25-20(29)8-5-11-31-18-6-3-2-4-7-18/h2-4,6-7,9-10,13,16H,5,8,11-12,14H2,1H3,(H,25,27,29)/t16-/m0/s1. The summed E-state index contributed by atoms with van der Waals surface area (Å²) in [7, 11) is 0. The number of carbonyl (C=O) groups excluding carboxylic acids is 2. The Kier molecular flexibility index (Phi) is 7.02. The predicted molar refractivity (Wildman–Crippen MR) is 126 cm³/mol. The fraction of sp³-hybridized carbons (Fsp3) is 0.304. The Morgan fingerprint density at radius 3 is 2.84 bits per heavy atom. The quantitative estimate of drug-likeness (QED) is 0.477. The average Bonchev–Trinajstić information content (AvgIpc) is 3.40. The van der Waals surface area contributed by atoms with Gasteiger partial charge in [-0.2, -0.15) is 0 Å². The number of para-hydroxylation sites is 1. The molecule has 7 nitrogen and oxygen atoms in total. The maximum absolute atomic E-state index is 12.5. The van der Waals surface area contributed by atoms with Gasteiger partial charge in [0, 0.05) is 36.0 Å². The molecule has 4 rings (SSSR count). The number of nitrogens with one attached hydrogen (secondary N) is 1. The van der Waals surface area contributed by atoms with Crippen molar-refractivity contribution in [3.05, 3.63) is 64.1 Å². The van der Waals surface area contributed by atoms with E-state index in [1.807, 2.05) is 55.5 Å². The van der Waals surface area contributed by atoms with E-state index in [2.05, 4.69) is 15.5 Å². The molecule has 0 radical (unpaired) electrons. The molecule has 1 aliphatic rings. The van der Waals surface area contributed by atoms with Crippen LogP contribution in [-0.2, 0) is 9.59 Å². The number of carbonyl (C=O) groups is 2. The molecule has 32 heavy (non-hydrogen) atoms. The molecule has 1 N–H and O–H groups in total. The summed E-state index contributed by atoms with van der Waals surface area (Å²) < 4.78 is 5.60. The van der Waals surface area contributed by atoms with E-state index < -0.39 is 0 Å². The molecule has 1 aromatic heterocycles. The van der Waals surface area contributed by atoms with Crippen LogP contribution < -0.4 is 15.0 Å². The molecule has 2 aromatic carbocycles. The summed E-state index contributed by atoms with van der Waals surface area (Å²) in [6, 6.07) is 15.1. The third kappa shape index (κ3) is 5.44. The lowest BCUT2D eigenvalue weighted by Gasteiger charge is -2.17. The molecule has 166 valence electrons. The van der Waals surface area contributed by atoms with E-state index >= 15 is 0 Å². The van der Waals surface area contributed by atoms with Crippen molar-refractivity contribution in [3.63, 3.8) is 0 Å². The van der Waals surface area contributed by atoms with E-state index in [1.165, 1.54) is 11.3 Å². The van der Waals surface area contributed by atoms with Crippen molar-refractivity contribution < 1.29 is 14.3 Å². The Morgan fingerprint density at radius 2 is 2.06 bits per heavy atom. The summed E-state index contributed by atoms with van der Waals surface area (Å²) in [5.74, 6) is 0.608. The van der Waals surface area contributed by atoms with Gasteiger partial charge in [0.2, 0.25) is 16.9 Å². The summed E-state index contributed by atoms with van der Waals surface area (Å²) >= 11 is 7.52. The molecule has 0 aliphatic carbocycles. The minimum atomic E-state index is -0.136. The molecule has 2 amide bonds. The van der Waals surface area contributed by atoms with Crippen LogP contribution in [0.3, 0.4) is 0 Å². The molecule has 1 atom stereocenters. The predicted octanol–water partition coefficient (Wildman–Crippen LogP) is 4.82. The lowest BCUT2D eigenvalue weighted by atomic mass is 10.1. The maximum atomic E-state index is 12.5. The Balaban J connectivity index is 1.27. The van der Waals surface area contributed by atoms with E-state index in [1.54, 1.807) is 4.90 Å². The van der Waals surface area contributed by atoms with Crippen molar-refractivity contribution in [2.75, 3.05) is 23.4 Å². The van der Waals surface area contributed by atoms with Crippen molar-refractivity contribution in [3.8, 4) is 5.75 Å². The summed E-state index contributed by atoms with van der Waals surface area (Å²) in [6.07, 6.45) is 1.27. The fourth-order valence-electron chi connectivity index (χ4n) is 3.44. The zero-order chi connectivity index (χ0) is 22.5. The Labute approximate surface area is 195 Å². The van der Waals surface area contributed by atoms with Crippen molar-refractivity contribution in [1.29, 1.82) is 0 Å². The molecule has 1 fully saturated rings. The second-order valence-electron chi connectivity index (χ2n) is 7.60. The number of amides is 2. The lowest BCUT2D eigenvalue weighted by molar-refractivity contribution is -0.117. The first-order chi connectivity index (χ1) is 15.5. The number of halogens is 1. The molecule has 9 heteroatoms. The number of hydrogen-bond donors (Lipinski definition) is 1. The van der Waals surface area contributed by atoms with Crippen LogP contribution in [0.1, 0.15) is 35.8 Å². The number of anilines is 2. The highest BCUT2D eigenvalue weighted by Gasteiger charge is 2.34. The molecule has 2 heterocycles. The number of nitrogens with zero attached hydrogens (tertiary/aromatic N) is 3. The van der Waals surface area contributed by atoms with Gasteiger partial charge in [0.1, 0.15) is 10.8 Å². The summed E-state index contributed by atoms with van der Waals surface area (Å²) in [5, 5.41) is 12.9. The van der Waals surface area contributed by atoms with Gasteiger partial charge in [0.25, 0.3) is 0 Å². The van der Waals surface area contributed by atoms with Crippen LogP contribution in [0, 0.1) is 6.92 Å². The van der Waals surface area contributed by atoms with Crippen molar-refractivity contribution >= 4 is 45.6 Å². The van der Waals surface area contributed by atoms with Crippen LogP contribution in [0.2, 0.25) is 5.02 Å². The number of ether oxygens (including phenoxy) is 1. The lowest BCUT2D eigenvalue weighted by Crippen LogP contribution is -2.24. The summed E-state index contributed by atoms with van der Waals surface area (Å²) in [5.41, 5.74) is 1.75. The van der Waals surface area contributed by atoms with Crippen LogP contribution in [-0.4, -0.2) is 35.2 Å². The highest BCUT2D eigenvalue weighted by Crippen LogP contribution is 2.35. The molecular weight excluding hydrogens is 448 g/mol. The Morgan fingerprint density at radius 1 is 1.25 bits per heavy atom. The van der Waals surface area contributed by atoms with Gasteiger partial charge in [-0.05, 0) is 43.2 Å². The molecule has 1 aliphatic heterocycles. The van der Waals surface area contributed by atoms with E-state index in [9.17, 15) is 9.59 Å². The summed E-state index contributed by atoms with van der Waals surface area (Å²) in [4.78, 5) is 26.5. The van der Waals surface area contributed by atoms with E-state index in [0.29, 0.717) is 42.6 Å². The zero-order valence-corrected chi connectivity index (χ0v) is 19.2. The first-order valence-corrected chi connectivity index (χ1v) is 11.6. The molecule has 0 bridgehead atoms. The molecule has 3 aromatic rings. The molecule has 0 saturated carbocycles. The SMILES string of the molecule is Cc1ccc(N2C[C@@H](c3nnc(NC(=O)CCCOc4ccccc4)s3)CC2=O)cc1Cl. The van der Waals surface area contributed by atoms with Crippen LogP contribution in [0.25, 0.3) is 0 Å². The van der Waals surface area contributed by atoms with Gasteiger partial charge in [-0.25, -0.2) is 0 Å². The van der Waals surface area contributed by atoms with E-state index in [0.717, 1.165) is 22.0 Å². The minimum absolute atomic E-state index is 0.0223. The van der Waals surface area contributed by atoms with Gasteiger partial charge in [0.05, 0.1) is 6.61 Å². The largest absolute Gasteiger partial charge is 0.494 e.